The number of hydrogen-bond acceptors (Lipinski definition) is 9. The van der Waals surface area contributed by atoms with E-state index in [9.17, 15) is 22.8 Å². The minimum atomic E-state index is -4.59. The summed E-state index contributed by atoms with van der Waals surface area (Å²) in [7, 11) is 2.80. The SMILES string of the molecule is COC(=O)[C@@H]1CC[C@H](Oc2cc(-c3nc(C(F)(F)F)cs3)nc3c(C)c(OC)ccc23)C[C@H]1C(=O)OCc1ccccc1. The van der Waals surface area contributed by atoms with Crippen LogP contribution in [0.4, 0.5) is 13.2 Å². The molecule has 0 aliphatic heterocycles. The van der Waals surface area contributed by atoms with E-state index in [2.05, 4.69) is 9.97 Å². The van der Waals surface area contributed by atoms with Crippen LogP contribution in [0.5, 0.6) is 11.5 Å². The van der Waals surface area contributed by atoms with Gasteiger partial charge in [-0.3, -0.25) is 9.59 Å². The van der Waals surface area contributed by atoms with Gasteiger partial charge < -0.3 is 18.9 Å². The Morgan fingerprint density at radius 3 is 2.42 bits per heavy atom. The van der Waals surface area contributed by atoms with Gasteiger partial charge in [-0.2, -0.15) is 13.2 Å². The Morgan fingerprint density at radius 1 is 0.977 bits per heavy atom. The van der Waals surface area contributed by atoms with Gasteiger partial charge in [-0.05, 0) is 43.9 Å². The first-order valence-corrected chi connectivity index (χ1v) is 14.4. The van der Waals surface area contributed by atoms with Crippen LogP contribution in [0.25, 0.3) is 21.6 Å². The largest absolute Gasteiger partial charge is 0.496 e. The molecular formula is C31H29F3N2O6S. The lowest BCUT2D eigenvalue weighted by molar-refractivity contribution is -0.163. The van der Waals surface area contributed by atoms with E-state index in [0.717, 1.165) is 22.3 Å². The summed E-state index contributed by atoms with van der Waals surface area (Å²) < 4.78 is 62.4. The summed E-state index contributed by atoms with van der Waals surface area (Å²) in [5.74, 6) is -1.61. The lowest BCUT2D eigenvalue weighted by atomic mass is 9.77. The van der Waals surface area contributed by atoms with Crippen LogP contribution >= 0.6 is 11.3 Å². The van der Waals surface area contributed by atoms with E-state index in [1.165, 1.54) is 14.2 Å². The Morgan fingerprint density at radius 2 is 1.74 bits per heavy atom. The highest BCUT2D eigenvalue weighted by Gasteiger charge is 2.42. The number of aryl methyl sites for hydroxylation is 1. The van der Waals surface area contributed by atoms with E-state index >= 15 is 0 Å². The standard InChI is InChI=1S/C31H29F3N2O6S/c1-17-24(39-2)12-11-21-25(14-23(35-27(17)21)28-36-26(16-43-28)31(32,33)34)42-19-9-10-20(29(37)40-3)22(13-19)30(38)41-15-18-7-5-4-6-8-18/h4-8,11-12,14,16,19-20,22H,9-10,13,15H2,1-3H3/t19-,20+,22+/m0/s1. The molecule has 8 nitrogen and oxygen atoms in total. The van der Waals surface area contributed by atoms with Crippen molar-refractivity contribution in [2.24, 2.45) is 11.8 Å². The molecule has 226 valence electrons. The van der Waals surface area contributed by atoms with Gasteiger partial charge in [0.05, 0.1) is 37.7 Å². The van der Waals surface area contributed by atoms with Crippen molar-refractivity contribution in [2.45, 2.75) is 45.1 Å². The van der Waals surface area contributed by atoms with Crippen LogP contribution in [0.2, 0.25) is 0 Å². The van der Waals surface area contributed by atoms with Crippen molar-refractivity contribution in [2.75, 3.05) is 14.2 Å². The number of carbonyl (C=O) groups excluding carboxylic acids is 2. The lowest BCUT2D eigenvalue weighted by Crippen LogP contribution is -2.40. The van der Waals surface area contributed by atoms with E-state index in [4.69, 9.17) is 18.9 Å². The molecule has 0 bridgehead atoms. The molecule has 43 heavy (non-hydrogen) atoms. The maximum absolute atomic E-state index is 13.3. The highest BCUT2D eigenvalue weighted by atomic mass is 32.1. The van der Waals surface area contributed by atoms with E-state index in [1.807, 2.05) is 30.3 Å². The Hall–Kier alpha value is -4.19. The second kappa shape index (κ2) is 12.6. The topological polar surface area (TPSA) is 96.8 Å². The molecule has 0 N–H and O–H groups in total. The third-order valence-corrected chi connectivity index (χ3v) is 8.37. The maximum Gasteiger partial charge on any atom is 0.434 e. The van der Waals surface area contributed by atoms with E-state index in [-0.39, 0.29) is 23.7 Å². The molecule has 3 atom stereocenters. The van der Waals surface area contributed by atoms with Crippen LogP contribution in [0, 0.1) is 18.8 Å². The van der Waals surface area contributed by atoms with Crippen molar-refractivity contribution in [3.8, 4) is 22.2 Å². The van der Waals surface area contributed by atoms with E-state index in [0.29, 0.717) is 40.8 Å². The fourth-order valence-corrected chi connectivity index (χ4v) is 6.06. The molecule has 1 aliphatic rings. The molecule has 2 aromatic heterocycles. The van der Waals surface area contributed by atoms with Crippen molar-refractivity contribution >= 4 is 34.2 Å². The summed E-state index contributed by atoms with van der Waals surface area (Å²) in [5, 5.41) is 1.64. The molecule has 12 heteroatoms. The first kappa shape index (κ1) is 30.3. The number of benzene rings is 2. The first-order valence-electron chi connectivity index (χ1n) is 13.6. The molecule has 0 radical (unpaired) electrons. The number of ether oxygens (including phenoxy) is 4. The van der Waals surface area contributed by atoms with Gasteiger partial charge >= 0.3 is 18.1 Å². The van der Waals surface area contributed by atoms with Gasteiger partial charge in [-0.1, -0.05) is 30.3 Å². The van der Waals surface area contributed by atoms with Gasteiger partial charge in [0, 0.05) is 22.4 Å². The molecule has 1 saturated carbocycles. The maximum atomic E-state index is 13.3. The minimum absolute atomic E-state index is 0.0583. The Labute approximate surface area is 249 Å². The van der Waals surface area contributed by atoms with Crippen LogP contribution in [-0.4, -0.2) is 42.2 Å². The molecule has 2 heterocycles. The first-order chi connectivity index (χ1) is 20.6. The molecule has 5 rings (SSSR count). The zero-order valence-corrected chi connectivity index (χ0v) is 24.5. The van der Waals surface area contributed by atoms with Crippen molar-refractivity contribution in [1.29, 1.82) is 0 Å². The average Bonchev–Trinajstić information content (AvgIpc) is 3.52. The predicted molar refractivity (Wildman–Crippen MR) is 153 cm³/mol. The van der Waals surface area contributed by atoms with Gasteiger partial charge in [0.15, 0.2) is 5.69 Å². The fraction of sp³-hybridized carbons (Fsp3) is 0.355. The minimum Gasteiger partial charge on any atom is -0.496 e. The second-order valence-corrected chi connectivity index (χ2v) is 11.1. The van der Waals surface area contributed by atoms with Gasteiger partial charge in [0.2, 0.25) is 0 Å². The number of halogens is 3. The summed E-state index contributed by atoms with van der Waals surface area (Å²) in [6, 6.07) is 14.3. The molecule has 0 unspecified atom stereocenters. The number of esters is 2. The monoisotopic (exact) mass is 614 g/mol. The summed E-state index contributed by atoms with van der Waals surface area (Å²) in [6.07, 6.45) is -4.15. The number of thiazole rings is 1. The molecule has 0 saturated heterocycles. The number of nitrogens with zero attached hydrogens (tertiary/aromatic N) is 2. The summed E-state index contributed by atoms with van der Waals surface area (Å²) in [5.41, 5.74) is 1.18. The molecule has 1 fully saturated rings. The number of hydrogen-bond donors (Lipinski definition) is 0. The Balaban J connectivity index is 1.46. The summed E-state index contributed by atoms with van der Waals surface area (Å²) >= 11 is 0.830. The fourth-order valence-electron chi connectivity index (χ4n) is 5.28. The summed E-state index contributed by atoms with van der Waals surface area (Å²) in [4.78, 5) is 34.2. The number of aromatic nitrogens is 2. The number of methoxy groups -OCH3 is 2. The van der Waals surface area contributed by atoms with Crippen molar-refractivity contribution in [1.82, 2.24) is 9.97 Å². The number of carbonyl (C=O) groups is 2. The van der Waals surface area contributed by atoms with Crippen LogP contribution in [0.15, 0.2) is 53.9 Å². The van der Waals surface area contributed by atoms with Crippen LogP contribution in [-0.2, 0) is 31.8 Å². The number of alkyl halides is 3. The molecular weight excluding hydrogens is 585 g/mol. The van der Waals surface area contributed by atoms with Gasteiger partial charge in [-0.15, -0.1) is 11.3 Å². The molecule has 0 amide bonds. The molecule has 0 spiro atoms. The highest BCUT2D eigenvalue weighted by molar-refractivity contribution is 7.13. The predicted octanol–water partition coefficient (Wildman–Crippen LogP) is 6.77. The van der Waals surface area contributed by atoms with Gasteiger partial charge in [0.25, 0.3) is 0 Å². The number of pyridine rings is 1. The zero-order chi connectivity index (χ0) is 30.7. The average molecular weight is 615 g/mol. The van der Waals surface area contributed by atoms with Gasteiger partial charge in [0.1, 0.15) is 28.8 Å². The highest BCUT2D eigenvalue weighted by Crippen LogP contribution is 2.40. The van der Waals surface area contributed by atoms with Crippen LogP contribution in [0.1, 0.15) is 36.1 Å². The molecule has 2 aromatic carbocycles. The Kier molecular flexibility index (Phi) is 8.86. The van der Waals surface area contributed by atoms with Crippen LogP contribution in [0.3, 0.4) is 0 Å². The lowest BCUT2D eigenvalue weighted by Gasteiger charge is -2.33. The summed E-state index contributed by atoms with van der Waals surface area (Å²) in [6.45, 7) is 1.85. The van der Waals surface area contributed by atoms with Crippen molar-refractivity contribution in [3.63, 3.8) is 0 Å². The number of rotatable bonds is 8. The quantitative estimate of drug-likeness (QED) is 0.201. The molecule has 1 aliphatic carbocycles. The number of fused-ring (bicyclic) bond motifs is 1. The van der Waals surface area contributed by atoms with E-state index < -0.39 is 41.7 Å². The van der Waals surface area contributed by atoms with Gasteiger partial charge in [-0.25, -0.2) is 9.97 Å². The third kappa shape index (κ3) is 6.58. The van der Waals surface area contributed by atoms with Crippen molar-refractivity contribution < 1.29 is 41.7 Å². The molecule has 4 aromatic rings. The van der Waals surface area contributed by atoms with E-state index in [1.54, 1.807) is 25.1 Å². The van der Waals surface area contributed by atoms with Crippen LogP contribution < -0.4 is 9.47 Å². The smallest absolute Gasteiger partial charge is 0.434 e. The second-order valence-electron chi connectivity index (χ2n) is 10.2. The normalized spacial score (nSPS) is 18.7. The third-order valence-electron chi connectivity index (χ3n) is 7.51. The zero-order valence-electron chi connectivity index (χ0n) is 23.6. The van der Waals surface area contributed by atoms with Crippen molar-refractivity contribution in [3.05, 3.63) is 70.7 Å². The Bertz CT molecular complexity index is 1630.